The number of phenols is 1. The third kappa shape index (κ3) is 3.55. The minimum absolute atomic E-state index is 0.00454. The van der Waals surface area contributed by atoms with E-state index < -0.39 is 4.92 Å². The number of hydrogen-bond donors (Lipinski definition) is 1. The van der Waals surface area contributed by atoms with Crippen molar-refractivity contribution < 1.29 is 19.2 Å². The third-order valence-electron chi connectivity index (χ3n) is 4.48. The molecule has 4 aromatic rings. The molecule has 0 atom stereocenters. The minimum Gasteiger partial charge on any atom is -0.504 e. The van der Waals surface area contributed by atoms with Crippen LogP contribution >= 0.6 is 0 Å². The van der Waals surface area contributed by atoms with Gasteiger partial charge in [-0.05, 0) is 36.8 Å². The second kappa shape index (κ2) is 7.63. The molecule has 2 heterocycles. The molecule has 0 bridgehead atoms. The number of phenolic OH excluding ortho intramolecular Hbond substituents is 1. The number of non-ortho nitro benzene ring substituents is 1. The number of aryl methyl sites for hydroxylation is 1. The van der Waals surface area contributed by atoms with E-state index in [1.165, 1.54) is 19.4 Å². The maximum Gasteiger partial charge on any atom is 0.274 e. The first-order valence-electron chi connectivity index (χ1n) is 8.88. The number of nitrogens with zero attached hydrogens (tertiary/aromatic N) is 4. The van der Waals surface area contributed by atoms with Gasteiger partial charge in [-0.1, -0.05) is 6.07 Å². The van der Waals surface area contributed by atoms with E-state index in [1.54, 1.807) is 24.4 Å². The zero-order valence-corrected chi connectivity index (χ0v) is 16.1. The maximum atomic E-state index is 11.1. The molecule has 9 nitrogen and oxygen atoms in total. The summed E-state index contributed by atoms with van der Waals surface area (Å²) >= 11 is 0. The van der Waals surface area contributed by atoms with E-state index in [9.17, 15) is 15.2 Å². The first kappa shape index (κ1) is 19.1. The molecular weight excluding hydrogens is 388 g/mol. The highest BCUT2D eigenvalue weighted by atomic mass is 16.6. The lowest BCUT2D eigenvalue weighted by Gasteiger charge is -2.06. The van der Waals surface area contributed by atoms with Gasteiger partial charge in [-0.2, -0.15) is 4.98 Å². The number of hydrogen-bond acceptors (Lipinski definition) is 8. The molecule has 2 aromatic heterocycles. The summed E-state index contributed by atoms with van der Waals surface area (Å²) in [6.07, 6.45) is 2.99. The van der Waals surface area contributed by atoms with E-state index >= 15 is 0 Å². The van der Waals surface area contributed by atoms with Crippen molar-refractivity contribution >= 4 is 28.8 Å². The minimum atomic E-state index is -0.563. The van der Waals surface area contributed by atoms with Crippen molar-refractivity contribution in [2.45, 2.75) is 6.92 Å². The molecule has 0 aliphatic heterocycles. The Bertz CT molecular complexity index is 1260. The number of benzene rings is 2. The van der Waals surface area contributed by atoms with Crippen molar-refractivity contribution in [3.05, 3.63) is 69.9 Å². The number of pyridine rings is 1. The van der Waals surface area contributed by atoms with Gasteiger partial charge in [0.25, 0.3) is 5.69 Å². The number of rotatable bonds is 5. The summed E-state index contributed by atoms with van der Waals surface area (Å²) in [5, 5.41) is 21.4. The van der Waals surface area contributed by atoms with E-state index in [0.717, 1.165) is 11.6 Å². The van der Waals surface area contributed by atoms with Gasteiger partial charge in [0, 0.05) is 29.6 Å². The Morgan fingerprint density at radius 2 is 2.10 bits per heavy atom. The predicted molar refractivity (Wildman–Crippen MR) is 111 cm³/mol. The highest BCUT2D eigenvalue weighted by molar-refractivity contribution is 5.88. The molecule has 0 radical (unpaired) electrons. The molecule has 0 aliphatic rings. The van der Waals surface area contributed by atoms with E-state index in [0.29, 0.717) is 28.4 Å². The van der Waals surface area contributed by atoms with Gasteiger partial charge in [0.05, 0.1) is 23.8 Å². The summed E-state index contributed by atoms with van der Waals surface area (Å²) in [6, 6.07) is 11.4. The number of fused-ring (bicyclic) bond motifs is 1. The van der Waals surface area contributed by atoms with Crippen molar-refractivity contribution in [2.75, 3.05) is 7.11 Å². The Morgan fingerprint density at radius 3 is 2.83 bits per heavy atom. The fourth-order valence-electron chi connectivity index (χ4n) is 2.89. The van der Waals surface area contributed by atoms with E-state index in [2.05, 4.69) is 15.0 Å². The van der Waals surface area contributed by atoms with Gasteiger partial charge in [-0.25, -0.2) is 4.98 Å². The van der Waals surface area contributed by atoms with Crippen molar-refractivity contribution in [1.29, 1.82) is 0 Å². The number of ether oxygens (including phenoxy) is 1. The maximum absolute atomic E-state index is 11.1. The van der Waals surface area contributed by atoms with Gasteiger partial charge >= 0.3 is 0 Å². The Morgan fingerprint density at radius 1 is 1.27 bits per heavy atom. The van der Waals surface area contributed by atoms with Crippen molar-refractivity contribution in [2.24, 2.45) is 4.99 Å². The topological polar surface area (TPSA) is 124 Å². The van der Waals surface area contributed by atoms with E-state index in [4.69, 9.17) is 9.15 Å². The molecule has 0 amide bonds. The van der Waals surface area contributed by atoms with Gasteiger partial charge in [-0.15, -0.1) is 0 Å². The first-order valence-corrected chi connectivity index (χ1v) is 8.88. The van der Waals surface area contributed by atoms with Crippen LogP contribution in [0, 0.1) is 17.0 Å². The van der Waals surface area contributed by atoms with Crippen LogP contribution in [0.15, 0.2) is 58.1 Å². The van der Waals surface area contributed by atoms with Crippen LogP contribution in [-0.2, 0) is 0 Å². The zero-order chi connectivity index (χ0) is 21.3. The fourth-order valence-corrected chi connectivity index (χ4v) is 2.89. The average molecular weight is 404 g/mol. The van der Waals surface area contributed by atoms with Crippen LogP contribution in [0.1, 0.15) is 11.1 Å². The van der Waals surface area contributed by atoms with Crippen LogP contribution in [0.4, 0.5) is 11.4 Å². The average Bonchev–Trinajstić information content (AvgIpc) is 3.18. The van der Waals surface area contributed by atoms with Crippen molar-refractivity contribution in [1.82, 2.24) is 9.97 Å². The molecular formula is C21H16N4O5. The fraction of sp³-hybridized carbons (Fsp3) is 0.0952. The molecule has 0 aliphatic carbocycles. The van der Waals surface area contributed by atoms with Crippen LogP contribution in [-0.4, -0.2) is 33.3 Å². The van der Waals surface area contributed by atoms with Gasteiger partial charge in [0.1, 0.15) is 0 Å². The number of aliphatic imine (C=N–C) groups is 1. The molecule has 30 heavy (non-hydrogen) atoms. The number of methoxy groups -OCH3 is 1. The zero-order valence-electron chi connectivity index (χ0n) is 16.1. The molecule has 0 fully saturated rings. The van der Waals surface area contributed by atoms with E-state index in [-0.39, 0.29) is 22.7 Å². The van der Waals surface area contributed by atoms with Crippen LogP contribution in [0.5, 0.6) is 11.5 Å². The van der Waals surface area contributed by atoms with Crippen LogP contribution in [0.3, 0.4) is 0 Å². The normalized spacial score (nSPS) is 11.3. The number of aromatic nitrogens is 2. The Kier molecular flexibility index (Phi) is 4.85. The summed E-state index contributed by atoms with van der Waals surface area (Å²) in [6.45, 7) is 1.87. The Balaban J connectivity index is 1.73. The number of aromatic hydroxyl groups is 1. The first-order chi connectivity index (χ1) is 14.5. The van der Waals surface area contributed by atoms with Gasteiger partial charge < -0.3 is 14.3 Å². The van der Waals surface area contributed by atoms with Crippen LogP contribution < -0.4 is 4.74 Å². The SMILES string of the molecule is COc1cc([N+](=O)[O-])cc(C=Nc2cc(-c3nc4ncccc4o3)ccc2C)c1O. The molecule has 0 spiro atoms. The standard InChI is InChI=1S/C21H16N4O5/c1-12-5-6-13(21-24-20-17(30-21)4-3-7-22-20)9-16(12)23-11-14-8-15(25(27)28)10-18(29-2)19(14)26/h3-11,26H,1-2H3. The van der Waals surface area contributed by atoms with E-state index in [1.807, 2.05) is 19.1 Å². The quantitative estimate of drug-likeness (QED) is 0.293. The molecule has 2 aromatic carbocycles. The monoisotopic (exact) mass is 404 g/mol. The summed E-state index contributed by atoms with van der Waals surface area (Å²) in [5.74, 6) is 0.167. The number of oxazole rings is 1. The number of nitro groups is 1. The third-order valence-corrected chi connectivity index (χ3v) is 4.48. The van der Waals surface area contributed by atoms with Crippen LogP contribution in [0.25, 0.3) is 22.7 Å². The lowest BCUT2D eigenvalue weighted by Crippen LogP contribution is -1.94. The lowest BCUT2D eigenvalue weighted by atomic mass is 10.1. The van der Waals surface area contributed by atoms with Gasteiger partial charge in [0.15, 0.2) is 22.7 Å². The second-order valence-electron chi connectivity index (χ2n) is 6.45. The molecule has 4 rings (SSSR count). The van der Waals surface area contributed by atoms with Crippen molar-refractivity contribution in [3.8, 4) is 23.0 Å². The predicted octanol–water partition coefficient (Wildman–Crippen LogP) is 4.57. The summed E-state index contributed by atoms with van der Waals surface area (Å²) in [4.78, 5) is 23.5. The largest absolute Gasteiger partial charge is 0.504 e. The Hall–Kier alpha value is -4.27. The second-order valence-corrected chi connectivity index (χ2v) is 6.45. The smallest absolute Gasteiger partial charge is 0.274 e. The molecule has 150 valence electrons. The molecule has 1 N–H and O–H groups in total. The molecule has 0 saturated carbocycles. The molecule has 0 saturated heterocycles. The lowest BCUT2D eigenvalue weighted by molar-refractivity contribution is -0.385. The highest BCUT2D eigenvalue weighted by Gasteiger charge is 2.16. The van der Waals surface area contributed by atoms with Gasteiger partial charge in [-0.3, -0.25) is 15.1 Å². The summed E-state index contributed by atoms with van der Waals surface area (Å²) in [7, 11) is 1.32. The summed E-state index contributed by atoms with van der Waals surface area (Å²) in [5.41, 5.74) is 3.19. The Labute approximate surface area is 170 Å². The highest BCUT2D eigenvalue weighted by Crippen LogP contribution is 2.34. The molecule has 9 heteroatoms. The van der Waals surface area contributed by atoms with Gasteiger partial charge in [0.2, 0.25) is 5.89 Å². The number of nitro benzene ring substituents is 1. The van der Waals surface area contributed by atoms with Crippen molar-refractivity contribution in [3.63, 3.8) is 0 Å². The van der Waals surface area contributed by atoms with Crippen LogP contribution in [0.2, 0.25) is 0 Å². The summed E-state index contributed by atoms with van der Waals surface area (Å²) < 4.78 is 10.8. The molecule has 0 unspecified atom stereocenters.